The Morgan fingerprint density at radius 3 is 1.85 bits per heavy atom. The van der Waals surface area contributed by atoms with Crippen molar-refractivity contribution < 1.29 is 4.79 Å². The molecule has 0 aliphatic heterocycles. The van der Waals surface area contributed by atoms with Crippen LogP contribution in [0.1, 0.15) is 41.5 Å². The Kier molecular flexibility index (Phi) is 4.68. The third-order valence-corrected chi connectivity index (χ3v) is 2.25. The number of allylic oxidation sites excluding steroid dienone is 4. The smallest absolute Gasteiger partial charge is 0.181 e. The van der Waals surface area contributed by atoms with E-state index in [4.69, 9.17) is 0 Å². The van der Waals surface area contributed by atoms with E-state index in [1.165, 1.54) is 5.57 Å². The summed E-state index contributed by atoms with van der Waals surface area (Å²) in [6, 6.07) is 0. The quantitative estimate of drug-likeness (QED) is 0.607. The van der Waals surface area contributed by atoms with Gasteiger partial charge in [0.05, 0.1) is 0 Å². The average molecular weight is 180 g/mol. The van der Waals surface area contributed by atoms with Crippen LogP contribution in [0.15, 0.2) is 22.8 Å². The molecule has 0 amide bonds. The van der Waals surface area contributed by atoms with Crippen molar-refractivity contribution in [3.8, 4) is 0 Å². The second kappa shape index (κ2) is 5.00. The Balaban J connectivity index is 4.79. The van der Waals surface area contributed by atoms with Crippen LogP contribution < -0.4 is 0 Å². The number of hydrogen-bond donors (Lipinski definition) is 0. The summed E-state index contributed by atoms with van der Waals surface area (Å²) in [4.78, 5) is 11.6. The van der Waals surface area contributed by atoms with Crippen LogP contribution in [-0.4, -0.2) is 5.78 Å². The van der Waals surface area contributed by atoms with Crippen molar-refractivity contribution in [2.75, 3.05) is 0 Å². The molecule has 0 rings (SSSR count). The van der Waals surface area contributed by atoms with E-state index in [9.17, 15) is 4.79 Å². The lowest BCUT2D eigenvalue weighted by atomic mass is 9.97. The molecule has 0 saturated carbocycles. The van der Waals surface area contributed by atoms with Crippen molar-refractivity contribution in [3.05, 3.63) is 22.8 Å². The van der Waals surface area contributed by atoms with Crippen molar-refractivity contribution >= 4 is 5.78 Å². The van der Waals surface area contributed by atoms with Gasteiger partial charge in [-0.3, -0.25) is 4.79 Å². The molecular formula is C12H20O. The van der Waals surface area contributed by atoms with E-state index in [-0.39, 0.29) is 5.78 Å². The monoisotopic (exact) mass is 180 g/mol. The zero-order chi connectivity index (χ0) is 10.6. The van der Waals surface area contributed by atoms with Crippen LogP contribution in [0.2, 0.25) is 0 Å². The molecule has 74 valence electrons. The number of carbonyl (C=O) groups excluding carboxylic acids is 1. The summed E-state index contributed by atoms with van der Waals surface area (Å²) in [6.45, 7) is 12.0. The molecule has 0 atom stereocenters. The number of hydrogen-bond acceptors (Lipinski definition) is 1. The zero-order valence-corrected chi connectivity index (χ0v) is 9.56. The van der Waals surface area contributed by atoms with Crippen molar-refractivity contribution in [2.45, 2.75) is 41.5 Å². The number of carbonyl (C=O) groups is 1. The summed E-state index contributed by atoms with van der Waals surface area (Å²) in [7, 11) is 0. The highest BCUT2D eigenvalue weighted by molar-refractivity contribution is 6.04. The van der Waals surface area contributed by atoms with Crippen molar-refractivity contribution in [3.63, 3.8) is 0 Å². The van der Waals surface area contributed by atoms with E-state index < -0.39 is 0 Å². The fraction of sp³-hybridized carbons (Fsp3) is 0.583. The van der Waals surface area contributed by atoms with Crippen molar-refractivity contribution in [1.29, 1.82) is 0 Å². The fourth-order valence-electron chi connectivity index (χ4n) is 0.998. The van der Waals surface area contributed by atoms with Gasteiger partial charge in [-0.05, 0) is 45.3 Å². The number of ketones is 1. The molecule has 13 heavy (non-hydrogen) atoms. The van der Waals surface area contributed by atoms with E-state index >= 15 is 0 Å². The Labute approximate surface area is 81.5 Å². The van der Waals surface area contributed by atoms with Crippen molar-refractivity contribution in [2.24, 2.45) is 5.92 Å². The first-order valence-corrected chi connectivity index (χ1v) is 4.72. The topological polar surface area (TPSA) is 17.1 Å². The van der Waals surface area contributed by atoms with Gasteiger partial charge in [-0.2, -0.15) is 0 Å². The van der Waals surface area contributed by atoms with E-state index in [0.29, 0.717) is 5.92 Å². The Bertz CT molecular complexity index is 250. The van der Waals surface area contributed by atoms with Crippen LogP contribution in [-0.2, 0) is 4.79 Å². The van der Waals surface area contributed by atoms with Gasteiger partial charge >= 0.3 is 0 Å². The molecule has 0 heterocycles. The first-order chi connectivity index (χ1) is 5.86. The lowest BCUT2D eigenvalue weighted by Crippen LogP contribution is -2.02. The molecule has 0 saturated heterocycles. The van der Waals surface area contributed by atoms with Crippen LogP contribution >= 0.6 is 0 Å². The summed E-state index contributed by atoms with van der Waals surface area (Å²) in [5.41, 5.74) is 3.12. The molecule has 1 nitrogen and oxygen atoms in total. The van der Waals surface area contributed by atoms with E-state index in [2.05, 4.69) is 13.8 Å². The second-order valence-corrected chi connectivity index (χ2v) is 4.05. The summed E-state index contributed by atoms with van der Waals surface area (Å²) < 4.78 is 0. The first kappa shape index (κ1) is 12.2. The minimum absolute atomic E-state index is 0.145. The van der Waals surface area contributed by atoms with E-state index in [0.717, 1.165) is 11.1 Å². The summed E-state index contributed by atoms with van der Waals surface area (Å²) in [5, 5.41) is 0. The molecule has 0 aliphatic carbocycles. The maximum atomic E-state index is 11.6. The van der Waals surface area contributed by atoms with E-state index in [1.54, 1.807) is 6.08 Å². The maximum Gasteiger partial charge on any atom is 0.181 e. The summed E-state index contributed by atoms with van der Waals surface area (Å²) in [6.07, 6.45) is 1.70. The predicted octanol–water partition coefficient (Wildman–Crippen LogP) is 3.51. The molecule has 0 aromatic carbocycles. The normalized spacial score (nSPS) is 12.5. The highest BCUT2D eigenvalue weighted by Crippen LogP contribution is 2.15. The molecule has 1 heteroatoms. The summed E-state index contributed by atoms with van der Waals surface area (Å²) in [5.74, 6) is 0.598. The summed E-state index contributed by atoms with van der Waals surface area (Å²) >= 11 is 0. The molecule has 0 N–H and O–H groups in total. The van der Waals surface area contributed by atoms with Crippen LogP contribution in [0.3, 0.4) is 0 Å². The fourth-order valence-corrected chi connectivity index (χ4v) is 0.998. The predicted molar refractivity (Wildman–Crippen MR) is 57.7 cm³/mol. The van der Waals surface area contributed by atoms with Crippen LogP contribution in [0, 0.1) is 5.92 Å². The van der Waals surface area contributed by atoms with Crippen LogP contribution in [0.5, 0.6) is 0 Å². The van der Waals surface area contributed by atoms with Crippen LogP contribution in [0.4, 0.5) is 0 Å². The molecule has 0 spiro atoms. The molecule has 0 aromatic heterocycles. The largest absolute Gasteiger partial charge is 0.290 e. The number of rotatable bonds is 3. The minimum Gasteiger partial charge on any atom is -0.290 e. The first-order valence-electron chi connectivity index (χ1n) is 4.72. The van der Waals surface area contributed by atoms with Gasteiger partial charge in [0, 0.05) is 0 Å². The molecule has 0 radical (unpaired) electrons. The van der Waals surface area contributed by atoms with Gasteiger partial charge in [-0.25, -0.2) is 0 Å². The Morgan fingerprint density at radius 2 is 1.54 bits per heavy atom. The van der Waals surface area contributed by atoms with Gasteiger partial charge in [0.1, 0.15) is 0 Å². The average Bonchev–Trinajstić information content (AvgIpc) is 2.00. The lowest BCUT2D eigenvalue weighted by Gasteiger charge is -2.08. The lowest BCUT2D eigenvalue weighted by molar-refractivity contribution is -0.111. The standard InChI is InChI=1S/C12H20O/c1-8(2)7-12(13)11(6)10(5)9(3)4/h7,9H,1-6H3/b11-10+. The third kappa shape index (κ3) is 4.07. The van der Waals surface area contributed by atoms with Gasteiger partial charge in [-0.1, -0.05) is 25.0 Å². The minimum atomic E-state index is 0.145. The highest BCUT2D eigenvalue weighted by atomic mass is 16.1. The molecular weight excluding hydrogens is 160 g/mol. The van der Waals surface area contributed by atoms with Gasteiger partial charge in [0.25, 0.3) is 0 Å². The van der Waals surface area contributed by atoms with Crippen LogP contribution in [0.25, 0.3) is 0 Å². The second-order valence-electron chi connectivity index (χ2n) is 4.05. The molecule has 0 fully saturated rings. The molecule has 0 unspecified atom stereocenters. The SMILES string of the molecule is CC(C)=CC(=O)/C(C)=C(\C)C(C)C. The third-order valence-electron chi connectivity index (χ3n) is 2.25. The van der Waals surface area contributed by atoms with Gasteiger partial charge in [0.15, 0.2) is 5.78 Å². The van der Waals surface area contributed by atoms with E-state index in [1.807, 2.05) is 27.7 Å². The molecule has 0 bridgehead atoms. The molecule has 0 aliphatic rings. The maximum absolute atomic E-state index is 11.6. The molecule has 0 aromatic rings. The van der Waals surface area contributed by atoms with Gasteiger partial charge in [0.2, 0.25) is 0 Å². The zero-order valence-electron chi connectivity index (χ0n) is 9.56. The highest BCUT2D eigenvalue weighted by Gasteiger charge is 2.07. The van der Waals surface area contributed by atoms with Gasteiger partial charge in [-0.15, -0.1) is 0 Å². The van der Waals surface area contributed by atoms with Crippen molar-refractivity contribution in [1.82, 2.24) is 0 Å². The Hall–Kier alpha value is -0.850. The van der Waals surface area contributed by atoms with Gasteiger partial charge < -0.3 is 0 Å². The Morgan fingerprint density at radius 1 is 1.08 bits per heavy atom.